The van der Waals surface area contributed by atoms with Gasteiger partial charge in [-0.15, -0.1) is 0 Å². The molecule has 22 heavy (non-hydrogen) atoms. The summed E-state index contributed by atoms with van der Waals surface area (Å²) >= 11 is 0. The summed E-state index contributed by atoms with van der Waals surface area (Å²) in [6, 6.07) is 26.7. The van der Waals surface area contributed by atoms with Crippen LogP contribution in [0.2, 0.25) is 0 Å². The van der Waals surface area contributed by atoms with E-state index >= 15 is 0 Å². The Labute approximate surface area is 133 Å². The van der Waals surface area contributed by atoms with Crippen LogP contribution in [0.4, 0.5) is 0 Å². The van der Waals surface area contributed by atoms with Gasteiger partial charge in [-0.2, -0.15) is 0 Å². The molecule has 0 N–H and O–H groups in total. The van der Waals surface area contributed by atoms with Crippen molar-refractivity contribution in [3.05, 3.63) is 89.5 Å². The van der Waals surface area contributed by atoms with E-state index in [0.717, 1.165) is 0 Å². The molecule has 3 aromatic rings. The van der Waals surface area contributed by atoms with Crippen LogP contribution in [0.5, 0.6) is 0 Å². The van der Waals surface area contributed by atoms with Crippen molar-refractivity contribution >= 4 is 23.1 Å². The van der Waals surface area contributed by atoms with Crippen molar-refractivity contribution in [1.29, 1.82) is 0 Å². The van der Waals surface area contributed by atoms with Gasteiger partial charge in [-0.05, 0) is 20.8 Å². The third kappa shape index (κ3) is 3.14. The Bertz CT molecular complexity index is 629. The zero-order valence-corrected chi connectivity index (χ0v) is 13.5. The molecule has 0 aliphatic rings. The zero-order valence-electron chi connectivity index (χ0n) is 13.5. The van der Waals surface area contributed by atoms with Crippen molar-refractivity contribution in [2.75, 3.05) is 0 Å². The quantitative estimate of drug-likeness (QED) is 0.648. The molecule has 108 valence electrons. The van der Waals surface area contributed by atoms with Gasteiger partial charge in [-0.3, -0.25) is 0 Å². The van der Waals surface area contributed by atoms with E-state index in [2.05, 4.69) is 93.6 Å². The minimum atomic E-state index is 0.293. The van der Waals surface area contributed by atoms with Gasteiger partial charge in [0.15, 0.2) is 0 Å². The molecule has 3 rings (SSSR count). The summed E-state index contributed by atoms with van der Waals surface area (Å²) in [6.45, 7) is 6.70. The Balaban J connectivity index is 2.10. The molecule has 0 fully saturated rings. The summed E-state index contributed by atoms with van der Waals surface area (Å²) in [6.07, 6.45) is 0. The zero-order chi connectivity index (χ0) is 15.5. The summed E-state index contributed by atoms with van der Waals surface area (Å²) in [5, 5.41) is 0. The Hall–Kier alpha value is -2.28. The van der Waals surface area contributed by atoms with Gasteiger partial charge in [0, 0.05) is 0 Å². The first-order chi connectivity index (χ1) is 10.6. The maximum atomic E-state index is 2.25. The topological polar surface area (TPSA) is 0 Å². The van der Waals surface area contributed by atoms with E-state index in [1.165, 1.54) is 33.1 Å². The Kier molecular flexibility index (Phi) is 4.15. The van der Waals surface area contributed by atoms with E-state index < -0.39 is 0 Å². The fraction of sp³-hybridized carbons (Fsp3) is 0.143. The van der Waals surface area contributed by atoms with Gasteiger partial charge >= 0.3 is 0 Å². The fourth-order valence-electron chi connectivity index (χ4n) is 2.85. The normalized spacial score (nSPS) is 10.5. The van der Waals surface area contributed by atoms with E-state index in [0.29, 0.717) is 6.71 Å². The van der Waals surface area contributed by atoms with E-state index in [1.54, 1.807) is 0 Å². The van der Waals surface area contributed by atoms with Gasteiger partial charge in [0.1, 0.15) is 0 Å². The summed E-state index contributed by atoms with van der Waals surface area (Å²) in [5.41, 5.74) is 7.94. The third-order valence-corrected chi connectivity index (χ3v) is 4.23. The second-order valence-electron chi connectivity index (χ2n) is 6.17. The maximum absolute atomic E-state index is 2.25. The maximum Gasteiger partial charge on any atom is 0.241 e. The van der Waals surface area contributed by atoms with Crippen LogP contribution in [0.15, 0.2) is 72.8 Å². The molecule has 0 saturated carbocycles. The van der Waals surface area contributed by atoms with Gasteiger partial charge in [0.05, 0.1) is 0 Å². The largest absolute Gasteiger partial charge is 0.241 e. The van der Waals surface area contributed by atoms with Crippen LogP contribution in [0.1, 0.15) is 16.7 Å². The van der Waals surface area contributed by atoms with Crippen LogP contribution in [0, 0.1) is 20.8 Å². The molecule has 0 spiro atoms. The van der Waals surface area contributed by atoms with E-state index in [1.807, 2.05) is 0 Å². The van der Waals surface area contributed by atoms with Gasteiger partial charge in [0.25, 0.3) is 0 Å². The molecule has 3 aromatic carbocycles. The predicted molar refractivity (Wildman–Crippen MR) is 98.2 cm³/mol. The average molecular weight is 284 g/mol. The molecule has 0 saturated heterocycles. The van der Waals surface area contributed by atoms with E-state index in [9.17, 15) is 0 Å². The third-order valence-electron chi connectivity index (χ3n) is 4.23. The first-order valence-corrected chi connectivity index (χ1v) is 7.83. The van der Waals surface area contributed by atoms with Crippen LogP contribution < -0.4 is 16.4 Å². The second-order valence-corrected chi connectivity index (χ2v) is 6.17. The molecule has 1 heteroatoms. The van der Waals surface area contributed by atoms with Gasteiger partial charge in [0.2, 0.25) is 6.71 Å². The smallest absolute Gasteiger partial charge is 0.0687 e. The van der Waals surface area contributed by atoms with Crippen molar-refractivity contribution < 1.29 is 0 Å². The number of hydrogen-bond acceptors (Lipinski definition) is 0. The average Bonchev–Trinajstić information content (AvgIpc) is 2.53. The van der Waals surface area contributed by atoms with Crippen molar-refractivity contribution in [3.63, 3.8) is 0 Å². The molecule has 0 nitrogen and oxygen atoms in total. The summed E-state index contributed by atoms with van der Waals surface area (Å²) in [7, 11) is 0. The molecule has 0 amide bonds. The highest BCUT2D eigenvalue weighted by molar-refractivity contribution is 6.95. The summed E-state index contributed by atoms with van der Waals surface area (Å²) in [4.78, 5) is 0. The van der Waals surface area contributed by atoms with Crippen LogP contribution >= 0.6 is 0 Å². The van der Waals surface area contributed by atoms with Crippen molar-refractivity contribution in [1.82, 2.24) is 0 Å². The van der Waals surface area contributed by atoms with Crippen LogP contribution in [0.25, 0.3) is 0 Å². The fourth-order valence-corrected chi connectivity index (χ4v) is 2.85. The summed E-state index contributed by atoms with van der Waals surface area (Å²) < 4.78 is 0. The molecular weight excluding hydrogens is 263 g/mol. The Morgan fingerprint density at radius 3 is 0.864 bits per heavy atom. The first kappa shape index (κ1) is 14.7. The number of benzene rings is 3. The van der Waals surface area contributed by atoms with Crippen molar-refractivity contribution in [2.24, 2.45) is 0 Å². The molecule has 0 aliphatic heterocycles. The Morgan fingerprint density at radius 1 is 0.409 bits per heavy atom. The van der Waals surface area contributed by atoms with Gasteiger partial charge in [-0.25, -0.2) is 0 Å². The molecule has 0 radical (unpaired) electrons. The van der Waals surface area contributed by atoms with Crippen LogP contribution in [-0.2, 0) is 0 Å². The molecular formula is C21H21B. The molecule has 0 aliphatic carbocycles. The molecule has 0 atom stereocenters. The monoisotopic (exact) mass is 284 g/mol. The number of hydrogen-bond donors (Lipinski definition) is 0. The highest BCUT2D eigenvalue weighted by Gasteiger charge is 2.21. The highest BCUT2D eigenvalue weighted by Crippen LogP contribution is 2.01. The lowest BCUT2D eigenvalue weighted by Crippen LogP contribution is -2.51. The van der Waals surface area contributed by atoms with Crippen molar-refractivity contribution in [3.8, 4) is 0 Å². The minimum Gasteiger partial charge on any atom is -0.0687 e. The Morgan fingerprint density at radius 2 is 0.636 bits per heavy atom. The highest BCUT2D eigenvalue weighted by atomic mass is 14.0. The van der Waals surface area contributed by atoms with Crippen LogP contribution in [-0.4, -0.2) is 6.71 Å². The molecule has 0 heterocycles. The van der Waals surface area contributed by atoms with Gasteiger partial charge < -0.3 is 0 Å². The van der Waals surface area contributed by atoms with Crippen LogP contribution in [0.3, 0.4) is 0 Å². The lowest BCUT2D eigenvalue weighted by molar-refractivity contribution is 1.48. The standard InChI is InChI=1S/C21H21B/c1-16-4-10-19(11-5-16)22(20-12-6-17(2)7-13-20)21-14-8-18(3)9-15-21/h4-15H,1-3H3. The second kappa shape index (κ2) is 6.23. The van der Waals surface area contributed by atoms with E-state index in [-0.39, 0.29) is 0 Å². The minimum absolute atomic E-state index is 0.293. The number of aryl methyl sites for hydroxylation is 3. The predicted octanol–water partition coefficient (Wildman–Crippen LogP) is 3.13. The van der Waals surface area contributed by atoms with E-state index in [4.69, 9.17) is 0 Å². The molecule has 0 unspecified atom stereocenters. The summed E-state index contributed by atoms with van der Waals surface area (Å²) in [5.74, 6) is 0. The lowest BCUT2D eigenvalue weighted by Gasteiger charge is -2.16. The molecule has 0 bridgehead atoms. The number of rotatable bonds is 3. The lowest BCUT2D eigenvalue weighted by atomic mass is 9.37. The SMILES string of the molecule is Cc1ccc(B(c2ccc(C)cc2)c2ccc(C)cc2)cc1. The van der Waals surface area contributed by atoms with Crippen molar-refractivity contribution in [2.45, 2.75) is 20.8 Å². The first-order valence-electron chi connectivity index (χ1n) is 7.83. The molecule has 0 aromatic heterocycles. The van der Waals surface area contributed by atoms with Gasteiger partial charge in [-0.1, -0.05) is 106 Å².